The number of methoxy groups -OCH3 is 1. The van der Waals surface area contributed by atoms with Crippen LogP contribution < -0.4 is 10.1 Å². The summed E-state index contributed by atoms with van der Waals surface area (Å²) in [5.74, 6) is 2.01. The van der Waals surface area contributed by atoms with E-state index >= 15 is 0 Å². The largest absolute Gasteiger partial charge is 0.504 e. The van der Waals surface area contributed by atoms with Crippen LogP contribution >= 0.6 is 11.6 Å². The molecular formula is C13H18ClNO3S. The van der Waals surface area contributed by atoms with E-state index in [-0.39, 0.29) is 5.75 Å². The van der Waals surface area contributed by atoms with Gasteiger partial charge in [0.25, 0.3) is 0 Å². The van der Waals surface area contributed by atoms with Gasteiger partial charge in [0.15, 0.2) is 11.5 Å². The van der Waals surface area contributed by atoms with Gasteiger partial charge in [-0.25, -0.2) is 0 Å². The van der Waals surface area contributed by atoms with Crippen LogP contribution in [0.25, 0.3) is 0 Å². The van der Waals surface area contributed by atoms with Crippen molar-refractivity contribution in [2.75, 3.05) is 18.6 Å². The van der Waals surface area contributed by atoms with Crippen LogP contribution in [0.1, 0.15) is 18.4 Å². The number of benzene rings is 1. The van der Waals surface area contributed by atoms with Crippen molar-refractivity contribution in [1.29, 1.82) is 0 Å². The van der Waals surface area contributed by atoms with Crippen LogP contribution in [0.4, 0.5) is 0 Å². The molecule has 106 valence electrons. The van der Waals surface area contributed by atoms with E-state index in [0.29, 0.717) is 23.4 Å². The number of phenols is 1. The van der Waals surface area contributed by atoms with Crippen molar-refractivity contribution in [1.82, 2.24) is 5.32 Å². The first-order valence-electron chi connectivity index (χ1n) is 6.24. The minimum Gasteiger partial charge on any atom is -0.504 e. The minimum absolute atomic E-state index is 0.124. The Hall–Kier alpha value is -0.780. The lowest BCUT2D eigenvalue weighted by Crippen LogP contribution is -2.35. The third-order valence-corrected chi connectivity index (χ3v) is 4.91. The fraction of sp³-hybridized carbons (Fsp3) is 0.538. The van der Waals surface area contributed by atoms with Crippen LogP contribution in [-0.4, -0.2) is 34.0 Å². The molecule has 1 saturated heterocycles. The van der Waals surface area contributed by atoms with Crippen molar-refractivity contribution in [3.8, 4) is 11.5 Å². The highest BCUT2D eigenvalue weighted by Crippen LogP contribution is 2.33. The number of hydrogen-bond donors (Lipinski definition) is 2. The Kier molecular flexibility index (Phi) is 5.07. The minimum atomic E-state index is -0.653. The normalized spacial score (nSPS) is 23.3. The van der Waals surface area contributed by atoms with Gasteiger partial charge in [-0.2, -0.15) is 0 Å². The molecule has 6 heteroatoms. The van der Waals surface area contributed by atoms with E-state index in [1.54, 1.807) is 12.1 Å². The molecule has 0 aromatic heterocycles. The van der Waals surface area contributed by atoms with E-state index in [0.717, 1.165) is 29.9 Å². The van der Waals surface area contributed by atoms with Gasteiger partial charge in [0.05, 0.1) is 7.11 Å². The third-order valence-electron chi connectivity index (χ3n) is 3.31. The van der Waals surface area contributed by atoms with Crippen molar-refractivity contribution in [2.24, 2.45) is 0 Å². The summed E-state index contributed by atoms with van der Waals surface area (Å²) >= 11 is 5.98. The fourth-order valence-electron chi connectivity index (χ4n) is 2.17. The van der Waals surface area contributed by atoms with Gasteiger partial charge in [0, 0.05) is 51.5 Å². The maximum Gasteiger partial charge on any atom is 0.162 e. The molecule has 2 rings (SSSR count). The van der Waals surface area contributed by atoms with Gasteiger partial charge in [0.1, 0.15) is 0 Å². The van der Waals surface area contributed by atoms with Gasteiger partial charge < -0.3 is 15.2 Å². The zero-order valence-corrected chi connectivity index (χ0v) is 12.4. The molecule has 0 radical (unpaired) electrons. The van der Waals surface area contributed by atoms with Crippen molar-refractivity contribution in [3.63, 3.8) is 0 Å². The number of halogens is 1. The summed E-state index contributed by atoms with van der Waals surface area (Å²) in [6.45, 7) is 0.528. The van der Waals surface area contributed by atoms with Crippen molar-refractivity contribution in [3.05, 3.63) is 22.7 Å². The van der Waals surface area contributed by atoms with Gasteiger partial charge in [-0.05, 0) is 18.9 Å². The number of phenolic OH excluding ortho intramolecular Hbond substituents is 1. The zero-order chi connectivity index (χ0) is 13.8. The van der Waals surface area contributed by atoms with Crippen molar-refractivity contribution >= 4 is 22.4 Å². The van der Waals surface area contributed by atoms with Crippen LogP contribution in [-0.2, 0) is 17.3 Å². The average Bonchev–Trinajstić information content (AvgIpc) is 2.41. The average molecular weight is 304 g/mol. The molecule has 19 heavy (non-hydrogen) atoms. The molecule has 1 aromatic carbocycles. The molecular weight excluding hydrogens is 286 g/mol. The summed E-state index contributed by atoms with van der Waals surface area (Å²) in [6, 6.07) is 3.67. The highest BCUT2D eigenvalue weighted by atomic mass is 35.5. The van der Waals surface area contributed by atoms with E-state index in [9.17, 15) is 9.32 Å². The predicted molar refractivity (Wildman–Crippen MR) is 77.4 cm³/mol. The molecule has 1 aromatic rings. The fourth-order valence-corrected chi connectivity index (χ4v) is 3.70. The quantitative estimate of drug-likeness (QED) is 0.894. The van der Waals surface area contributed by atoms with Crippen LogP contribution in [0.3, 0.4) is 0 Å². The van der Waals surface area contributed by atoms with Gasteiger partial charge in [-0.15, -0.1) is 0 Å². The molecule has 4 nitrogen and oxygen atoms in total. The number of ether oxygens (including phenoxy) is 1. The third kappa shape index (κ3) is 3.84. The van der Waals surface area contributed by atoms with Crippen LogP contribution in [0.2, 0.25) is 5.02 Å². The maximum atomic E-state index is 11.3. The Morgan fingerprint density at radius 2 is 2.16 bits per heavy atom. The maximum absolute atomic E-state index is 11.3. The van der Waals surface area contributed by atoms with Gasteiger partial charge >= 0.3 is 0 Å². The van der Waals surface area contributed by atoms with Crippen LogP contribution in [0.5, 0.6) is 11.5 Å². The Labute approximate surface area is 120 Å². The highest BCUT2D eigenvalue weighted by molar-refractivity contribution is 7.85. The summed E-state index contributed by atoms with van der Waals surface area (Å²) in [4.78, 5) is 0. The van der Waals surface area contributed by atoms with Crippen molar-refractivity contribution in [2.45, 2.75) is 25.4 Å². The summed E-state index contributed by atoms with van der Waals surface area (Å²) in [5.41, 5.74) is 0.719. The van der Waals surface area contributed by atoms with Crippen molar-refractivity contribution < 1.29 is 14.1 Å². The summed E-state index contributed by atoms with van der Waals surface area (Å²) < 4.78 is 16.3. The SMILES string of the molecule is COc1cc(Cl)cc(CNC2CCS(=O)CC2)c1O. The topological polar surface area (TPSA) is 58.6 Å². The summed E-state index contributed by atoms with van der Waals surface area (Å²) in [5, 5.41) is 13.9. The predicted octanol–water partition coefficient (Wildman–Crippen LogP) is 2.05. The van der Waals surface area contributed by atoms with E-state index in [4.69, 9.17) is 16.3 Å². The molecule has 0 atom stereocenters. The smallest absolute Gasteiger partial charge is 0.162 e. The van der Waals surface area contributed by atoms with Crippen LogP contribution in [0, 0.1) is 0 Å². The van der Waals surface area contributed by atoms with Crippen LogP contribution in [0.15, 0.2) is 12.1 Å². The van der Waals surface area contributed by atoms with Gasteiger partial charge in [-0.1, -0.05) is 11.6 Å². The van der Waals surface area contributed by atoms with Gasteiger partial charge in [0.2, 0.25) is 0 Å². The van der Waals surface area contributed by atoms with E-state index < -0.39 is 10.8 Å². The Bertz CT molecular complexity index is 471. The molecule has 0 aliphatic carbocycles. The van der Waals surface area contributed by atoms with E-state index in [2.05, 4.69) is 5.32 Å². The van der Waals surface area contributed by atoms with E-state index in [1.165, 1.54) is 7.11 Å². The molecule has 1 heterocycles. The summed E-state index contributed by atoms with van der Waals surface area (Å²) in [7, 11) is 0.846. The first-order chi connectivity index (χ1) is 9.10. The molecule has 1 aliphatic heterocycles. The molecule has 1 aliphatic rings. The second-order valence-electron chi connectivity index (χ2n) is 4.62. The van der Waals surface area contributed by atoms with Gasteiger partial charge in [-0.3, -0.25) is 4.21 Å². The molecule has 1 fully saturated rings. The molecule has 0 bridgehead atoms. The lowest BCUT2D eigenvalue weighted by molar-refractivity contribution is 0.368. The molecule has 0 amide bonds. The number of aromatic hydroxyl groups is 1. The summed E-state index contributed by atoms with van der Waals surface area (Å²) in [6.07, 6.45) is 1.82. The molecule has 0 unspecified atom stereocenters. The first kappa shape index (κ1) is 14.6. The monoisotopic (exact) mass is 303 g/mol. The number of rotatable bonds is 4. The Morgan fingerprint density at radius 3 is 2.79 bits per heavy atom. The first-order valence-corrected chi connectivity index (χ1v) is 8.10. The van der Waals surface area contributed by atoms with E-state index in [1.807, 2.05) is 0 Å². The lowest BCUT2D eigenvalue weighted by atomic mass is 10.1. The number of hydrogen-bond acceptors (Lipinski definition) is 4. The Morgan fingerprint density at radius 1 is 1.47 bits per heavy atom. The standard InChI is InChI=1S/C13H18ClNO3S/c1-18-12-7-10(14)6-9(13(12)16)8-15-11-2-4-19(17)5-3-11/h6-7,11,15-16H,2-5,8H2,1H3. The zero-order valence-electron chi connectivity index (χ0n) is 10.8. The molecule has 0 spiro atoms. The second-order valence-corrected chi connectivity index (χ2v) is 6.75. The highest BCUT2D eigenvalue weighted by Gasteiger charge is 2.18. The molecule has 0 saturated carbocycles. The second kappa shape index (κ2) is 6.59. The Balaban J connectivity index is 1.99. The molecule has 2 N–H and O–H groups in total. The number of nitrogens with one attached hydrogen (secondary N) is 1. The lowest BCUT2D eigenvalue weighted by Gasteiger charge is -2.23.